The van der Waals surface area contributed by atoms with Gasteiger partial charge in [0.2, 0.25) is 11.4 Å². The van der Waals surface area contributed by atoms with E-state index in [1.165, 1.54) is 0 Å². The molecule has 7 rings (SSSR count). The molecule has 0 unspecified atom stereocenters. The van der Waals surface area contributed by atoms with Crippen molar-refractivity contribution in [2.75, 3.05) is 18.5 Å². The van der Waals surface area contributed by atoms with Crippen molar-refractivity contribution in [3.63, 3.8) is 0 Å². The molecule has 0 aromatic heterocycles. The molecule has 10 nitrogen and oxygen atoms in total. The molecule has 4 fully saturated rings. The van der Waals surface area contributed by atoms with Gasteiger partial charge in [-0.1, -0.05) is 19.9 Å². The Morgan fingerprint density at radius 2 is 1.86 bits per heavy atom. The number of hydrogen-bond acceptors (Lipinski definition) is 8. The number of carbonyl (C=O) groups excluding carboxylic acids is 2. The zero-order chi connectivity index (χ0) is 25.7. The van der Waals surface area contributed by atoms with E-state index in [0.29, 0.717) is 23.4 Å². The second-order valence-corrected chi connectivity index (χ2v) is 12.1. The van der Waals surface area contributed by atoms with Gasteiger partial charge in [0, 0.05) is 35.9 Å². The minimum atomic E-state index is -2.22. The number of piperazine rings is 1. The van der Waals surface area contributed by atoms with E-state index >= 15 is 0 Å². The maximum Gasteiger partial charge on any atom is 0.280 e. The summed E-state index contributed by atoms with van der Waals surface area (Å²) in [5.41, 5.74) is -6.41. The van der Waals surface area contributed by atoms with Gasteiger partial charge in [-0.2, -0.15) is 0 Å². The summed E-state index contributed by atoms with van der Waals surface area (Å²) in [6.07, 6.45) is 3.52. The molecule has 1 aromatic rings. The van der Waals surface area contributed by atoms with Crippen LogP contribution < -0.4 is 10.1 Å². The van der Waals surface area contributed by atoms with E-state index in [1.54, 1.807) is 0 Å². The maximum absolute atomic E-state index is 14.2. The van der Waals surface area contributed by atoms with Gasteiger partial charge in [0.1, 0.15) is 17.0 Å². The molecule has 10 heteroatoms. The first kappa shape index (κ1) is 22.5. The first-order chi connectivity index (χ1) is 16.8. The molecule has 192 valence electrons. The predicted molar refractivity (Wildman–Crippen MR) is 126 cm³/mol. The smallest absolute Gasteiger partial charge is 0.280 e. The van der Waals surface area contributed by atoms with Crippen LogP contribution in [0.25, 0.3) is 6.08 Å². The fourth-order valence-corrected chi connectivity index (χ4v) is 7.80. The SMILES string of the molecule is CC1(C)C=Cc2c(ccc3c2N[C@@]24N5C(=O)[C@]6(O)CCCN6C(=O)[C@]5(O)C[C@@]32O[C@H](CO)C4(C)C)O1. The average Bonchev–Trinajstić information content (AvgIpc) is 3.44. The number of anilines is 1. The number of hydrogen-bond donors (Lipinski definition) is 4. The number of aliphatic hydroxyl groups is 3. The van der Waals surface area contributed by atoms with E-state index in [4.69, 9.17) is 9.47 Å². The number of benzene rings is 1. The number of carbonyl (C=O) groups is 2. The van der Waals surface area contributed by atoms with E-state index in [-0.39, 0.29) is 26.0 Å². The molecule has 6 aliphatic heterocycles. The lowest BCUT2D eigenvalue weighted by Gasteiger charge is -2.55. The fraction of sp³-hybridized carbons (Fsp3) is 0.615. The Morgan fingerprint density at radius 1 is 1.11 bits per heavy atom. The standard InChI is InChI=1S/C26H31N3O7/c1-21(2)10-8-14-16(35-21)7-6-15-18(14)27-26-22(3,4)17(12-30)36-23(15,26)13-25(34)19(31)28-11-5-9-24(28,33)20(32)29(25)26/h6-8,10,17,27,30,33-34H,5,9,11-13H2,1-4H3/t17-,23-,24-,25-,26+/m1/s1. The van der Waals surface area contributed by atoms with Gasteiger partial charge in [0.15, 0.2) is 5.66 Å². The minimum Gasteiger partial charge on any atom is -0.483 e. The third-order valence-corrected chi connectivity index (χ3v) is 9.49. The zero-order valence-electron chi connectivity index (χ0n) is 20.8. The first-order valence-electron chi connectivity index (χ1n) is 12.5. The van der Waals surface area contributed by atoms with Crippen molar-refractivity contribution in [1.29, 1.82) is 0 Å². The van der Waals surface area contributed by atoms with Gasteiger partial charge >= 0.3 is 0 Å². The summed E-state index contributed by atoms with van der Waals surface area (Å²) in [7, 11) is 0. The number of ether oxygens (including phenoxy) is 2. The third-order valence-electron chi connectivity index (χ3n) is 9.49. The van der Waals surface area contributed by atoms with Crippen LogP contribution in [0.5, 0.6) is 5.75 Å². The molecule has 4 N–H and O–H groups in total. The van der Waals surface area contributed by atoms with Crippen LogP contribution in [0.15, 0.2) is 18.2 Å². The lowest BCUT2D eigenvalue weighted by Crippen LogP contribution is -2.79. The third kappa shape index (κ3) is 2.06. The Hall–Kier alpha value is -2.66. The van der Waals surface area contributed by atoms with Crippen LogP contribution >= 0.6 is 0 Å². The lowest BCUT2D eigenvalue weighted by molar-refractivity contribution is -0.234. The summed E-state index contributed by atoms with van der Waals surface area (Å²) in [6.45, 7) is 7.49. The fourth-order valence-electron chi connectivity index (χ4n) is 7.80. The van der Waals surface area contributed by atoms with Crippen LogP contribution in [-0.2, 0) is 19.9 Å². The Bertz CT molecular complexity index is 1290. The molecule has 36 heavy (non-hydrogen) atoms. The summed E-state index contributed by atoms with van der Waals surface area (Å²) in [6, 6.07) is 3.69. The average molecular weight is 498 g/mol. The molecule has 6 heterocycles. The van der Waals surface area contributed by atoms with Gasteiger partial charge in [-0.3, -0.25) is 14.5 Å². The number of amides is 2. The van der Waals surface area contributed by atoms with Crippen molar-refractivity contribution in [2.24, 2.45) is 5.41 Å². The molecule has 0 bridgehead atoms. The topological polar surface area (TPSA) is 132 Å². The molecule has 5 atom stereocenters. The second-order valence-electron chi connectivity index (χ2n) is 12.1. The monoisotopic (exact) mass is 497 g/mol. The van der Waals surface area contributed by atoms with Gasteiger partial charge in [-0.25, -0.2) is 0 Å². The highest BCUT2D eigenvalue weighted by molar-refractivity contribution is 6.03. The van der Waals surface area contributed by atoms with Crippen LogP contribution in [0.1, 0.15) is 58.1 Å². The number of rotatable bonds is 1. The molecule has 2 amide bonds. The quantitative estimate of drug-likeness (QED) is 0.449. The summed E-state index contributed by atoms with van der Waals surface area (Å²) in [5, 5.41) is 37.3. The Morgan fingerprint density at radius 3 is 2.58 bits per heavy atom. The largest absolute Gasteiger partial charge is 0.483 e. The number of nitrogens with zero attached hydrogens (tertiary/aromatic N) is 2. The van der Waals surface area contributed by atoms with Gasteiger partial charge in [-0.15, -0.1) is 0 Å². The van der Waals surface area contributed by atoms with Crippen LogP contribution in [0.4, 0.5) is 5.69 Å². The van der Waals surface area contributed by atoms with Crippen LogP contribution in [0, 0.1) is 5.41 Å². The number of aliphatic hydroxyl groups excluding tert-OH is 1. The number of fused-ring (bicyclic) bond motifs is 5. The minimum absolute atomic E-state index is 0.0892. The van der Waals surface area contributed by atoms with E-state index in [1.807, 2.05) is 52.0 Å². The second kappa shape index (κ2) is 6.07. The van der Waals surface area contributed by atoms with E-state index in [0.717, 1.165) is 15.4 Å². The van der Waals surface area contributed by atoms with Crippen molar-refractivity contribution in [3.8, 4) is 5.75 Å². The van der Waals surface area contributed by atoms with Gasteiger partial charge < -0.3 is 35.0 Å². The summed E-state index contributed by atoms with van der Waals surface area (Å²) < 4.78 is 12.8. The van der Waals surface area contributed by atoms with Crippen molar-refractivity contribution < 1.29 is 34.4 Å². The molecule has 4 saturated heterocycles. The maximum atomic E-state index is 14.2. The van der Waals surface area contributed by atoms with Gasteiger partial charge in [0.25, 0.3) is 11.8 Å². The molecular weight excluding hydrogens is 466 g/mol. The predicted octanol–water partition coefficient (Wildman–Crippen LogP) is 0.851. The van der Waals surface area contributed by atoms with Crippen molar-refractivity contribution >= 4 is 23.6 Å². The lowest BCUT2D eigenvalue weighted by atomic mass is 9.69. The highest BCUT2D eigenvalue weighted by Crippen LogP contribution is 2.73. The van der Waals surface area contributed by atoms with Gasteiger partial charge in [-0.05, 0) is 38.5 Å². The first-order valence-corrected chi connectivity index (χ1v) is 12.5. The van der Waals surface area contributed by atoms with Crippen molar-refractivity contribution in [2.45, 2.75) is 81.4 Å². The molecule has 6 aliphatic rings. The molecular formula is C26H31N3O7. The molecule has 0 radical (unpaired) electrons. The van der Waals surface area contributed by atoms with Gasteiger partial charge in [0.05, 0.1) is 18.4 Å². The van der Waals surface area contributed by atoms with Crippen molar-refractivity contribution in [1.82, 2.24) is 9.80 Å². The molecule has 0 aliphatic carbocycles. The molecule has 0 spiro atoms. The van der Waals surface area contributed by atoms with Crippen LogP contribution in [-0.4, -0.2) is 78.9 Å². The zero-order valence-corrected chi connectivity index (χ0v) is 20.8. The highest BCUT2D eigenvalue weighted by Gasteiger charge is 2.88. The summed E-state index contributed by atoms with van der Waals surface area (Å²) in [4.78, 5) is 30.2. The highest BCUT2D eigenvalue weighted by atomic mass is 16.5. The Kier molecular flexibility index (Phi) is 3.80. The Labute approximate surface area is 208 Å². The summed E-state index contributed by atoms with van der Waals surface area (Å²) in [5.74, 6) is -0.780. The van der Waals surface area contributed by atoms with E-state index < -0.39 is 51.6 Å². The molecule has 1 aromatic carbocycles. The van der Waals surface area contributed by atoms with Crippen molar-refractivity contribution in [3.05, 3.63) is 29.3 Å². The number of nitrogens with one attached hydrogen (secondary N) is 1. The van der Waals surface area contributed by atoms with Crippen LogP contribution in [0.3, 0.4) is 0 Å². The summed E-state index contributed by atoms with van der Waals surface area (Å²) >= 11 is 0. The van der Waals surface area contributed by atoms with E-state index in [9.17, 15) is 24.9 Å². The Balaban J connectivity index is 1.51. The molecule has 0 saturated carbocycles. The normalized spacial score (nSPS) is 42.2. The van der Waals surface area contributed by atoms with E-state index in [2.05, 4.69) is 5.32 Å². The van der Waals surface area contributed by atoms with Crippen LogP contribution in [0.2, 0.25) is 0 Å².